The Labute approximate surface area is 71.1 Å². The van der Waals surface area contributed by atoms with Crippen molar-refractivity contribution < 1.29 is 0 Å². The summed E-state index contributed by atoms with van der Waals surface area (Å²) in [6.07, 6.45) is 3.66. The lowest BCUT2D eigenvalue weighted by Gasteiger charge is -2.07. The molecule has 12 heavy (non-hydrogen) atoms. The summed E-state index contributed by atoms with van der Waals surface area (Å²) in [6, 6.07) is 0.333. The Morgan fingerprint density at radius 3 is 3.17 bits per heavy atom. The molecular weight excluding hydrogens is 152 g/mol. The average molecular weight is 164 g/mol. The van der Waals surface area contributed by atoms with Gasteiger partial charge < -0.3 is 0 Å². The SMILES string of the molecule is Cc1cnc2n(c1=O)[C@H](C)CC2. The van der Waals surface area contributed by atoms with Crippen molar-refractivity contribution in [1.29, 1.82) is 0 Å². The molecule has 1 atom stereocenters. The summed E-state index contributed by atoms with van der Waals surface area (Å²) in [5, 5.41) is 0. The van der Waals surface area contributed by atoms with Gasteiger partial charge in [-0.2, -0.15) is 0 Å². The van der Waals surface area contributed by atoms with Crippen LogP contribution < -0.4 is 5.56 Å². The molecule has 0 N–H and O–H groups in total. The minimum absolute atomic E-state index is 0.130. The van der Waals surface area contributed by atoms with Gasteiger partial charge in [-0.25, -0.2) is 4.98 Å². The minimum Gasteiger partial charge on any atom is -0.294 e. The van der Waals surface area contributed by atoms with Crippen molar-refractivity contribution >= 4 is 0 Å². The normalized spacial score (nSPS) is 21.0. The zero-order valence-electron chi connectivity index (χ0n) is 7.37. The standard InChI is InChI=1S/C9H12N2O/c1-6-5-10-8-4-3-7(2)11(8)9(6)12/h5,7H,3-4H2,1-2H3/t7-/m1/s1. The number of rotatable bonds is 0. The third-order valence-electron chi connectivity index (χ3n) is 2.47. The van der Waals surface area contributed by atoms with Gasteiger partial charge in [-0.15, -0.1) is 0 Å². The van der Waals surface area contributed by atoms with E-state index < -0.39 is 0 Å². The van der Waals surface area contributed by atoms with E-state index >= 15 is 0 Å². The van der Waals surface area contributed by atoms with Gasteiger partial charge in [0, 0.05) is 24.2 Å². The molecule has 1 aromatic heterocycles. The van der Waals surface area contributed by atoms with Gasteiger partial charge in [-0.05, 0) is 20.3 Å². The van der Waals surface area contributed by atoms with Gasteiger partial charge in [0.2, 0.25) is 0 Å². The number of aryl methyl sites for hydroxylation is 2. The molecule has 3 heteroatoms. The summed E-state index contributed by atoms with van der Waals surface area (Å²) in [5.74, 6) is 0.943. The molecule has 0 aliphatic carbocycles. The van der Waals surface area contributed by atoms with E-state index in [0.29, 0.717) is 6.04 Å². The number of hydrogen-bond donors (Lipinski definition) is 0. The second-order valence-electron chi connectivity index (χ2n) is 3.42. The predicted octanol–water partition coefficient (Wildman–Crippen LogP) is 1.06. The first-order valence-electron chi connectivity index (χ1n) is 4.27. The fourth-order valence-electron chi connectivity index (χ4n) is 1.70. The fourth-order valence-corrected chi connectivity index (χ4v) is 1.70. The van der Waals surface area contributed by atoms with Gasteiger partial charge in [0.1, 0.15) is 5.82 Å². The Kier molecular flexibility index (Phi) is 1.53. The molecule has 1 aliphatic rings. The molecule has 3 nitrogen and oxygen atoms in total. The Bertz CT molecular complexity index is 367. The summed E-state index contributed by atoms with van der Waals surface area (Å²) in [5.41, 5.74) is 0.873. The molecular formula is C9H12N2O. The van der Waals surface area contributed by atoms with E-state index in [1.807, 2.05) is 11.5 Å². The highest BCUT2D eigenvalue weighted by molar-refractivity contribution is 5.09. The van der Waals surface area contributed by atoms with Crippen LogP contribution in [0.4, 0.5) is 0 Å². The van der Waals surface area contributed by atoms with Crippen LogP contribution in [0.2, 0.25) is 0 Å². The molecule has 0 unspecified atom stereocenters. The van der Waals surface area contributed by atoms with Crippen LogP contribution in [0.3, 0.4) is 0 Å². The van der Waals surface area contributed by atoms with Crippen molar-refractivity contribution in [3.05, 3.63) is 27.9 Å². The van der Waals surface area contributed by atoms with Crippen LogP contribution in [0.25, 0.3) is 0 Å². The van der Waals surface area contributed by atoms with Gasteiger partial charge in [0.05, 0.1) is 0 Å². The second-order valence-corrected chi connectivity index (χ2v) is 3.42. The lowest BCUT2D eigenvalue weighted by Crippen LogP contribution is -2.24. The van der Waals surface area contributed by atoms with Crippen LogP contribution in [0.1, 0.15) is 30.8 Å². The molecule has 2 heterocycles. The van der Waals surface area contributed by atoms with Gasteiger partial charge in [-0.1, -0.05) is 0 Å². The molecule has 0 fully saturated rings. The summed E-state index contributed by atoms with van der Waals surface area (Å²) in [6.45, 7) is 3.88. The second kappa shape index (κ2) is 2.44. The van der Waals surface area contributed by atoms with E-state index in [2.05, 4.69) is 11.9 Å². The van der Waals surface area contributed by atoms with Crippen molar-refractivity contribution in [2.45, 2.75) is 32.7 Å². The molecule has 0 radical (unpaired) electrons. The van der Waals surface area contributed by atoms with Crippen LogP contribution in [-0.2, 0) is 6.42 Å². The van der Waals surface area contributed by atoms with Crippen LogP contribution in [0.5, 0.6) is 0 Å². The van der Waals surface area contributed by atoms with E-state index in [1.165, 1.54) is 0 Å². The first-order valence-corrected chi connectivity index (χ1v) is 4.27. The zero-order chi connectivity index (χ0) is 8.72. The maximum atomic E-state index is 11.6. The number of hydrogen-bond acceptors (Lipinski definition) is 2. The van der Waals surface area contributed by atoms with Crippen LogP contribution in [-0.4, -0.2) is 9.55 Å². The highest BCUT2D eigenvalue weighted by atomic mass is 16.1. The maximum absolute atomic E-state index is 11.6. The fraction of sp³-hybridized carbons (Fsp3) is 0.556. The molecule has 0 aromatic carbocycles. The Balaban J connectivity index is 2.71. The van der Waals surface area contributed by atoms with Crippen LogP contribution >= 0.6 is 0 Å². The lowest BCUT2D eigenvalue weighted by molar-refractivity contribution is 0.557. The van der Waals surface area contributed by atoms with E-state index in [1.54, 1.807) is 6.20 Å². The van der Waals surface area contributed by atoms with Gasteiger partial charge >= 0.3 is 0 Å². The van der Waals surface area contributed by atoms with Crippen molar-refractivity contribution in [2.75, 3.05) is 0 Å². The Hall–Kier alpha value is -1.12. The van der Waals surface area contributed by atoms with Crippen molar-refractivity contribution in [3.63, 3.8) is 0 Å². The number of fused-ring (bicyclic) bond motifs is 1. The van der Waals surface area contributed by atoms with E-state index in [4.69, 9.17) is 0 Å². The molecule has 2 rings (SSSR count). The topological polar surface area (TPSA) is 34.9 Å². The third-order valence-corrected chi connectivity index (χ3v) is 2.47. The molecule has 1 aromatic rings. The van der Waals surface area contributed by atoms with E-state index in [-0.39, 0.29) is 5.56 Å². The molecule has 0 spiro atoms. The summed E-state index contributed by atoms with van der Waals surface area (Å²) in [4.78, 5) is 15.8. The Morgan fingerprint density at radius 2 is 2.42 bits per heavy atom. The van der Waals surface area contributed by atoms with E-state index in [0.717, 1.165) is 24.2 Å². The van der Waals surface area contributed by atoms with Gasteiger partial charge in [0.25, 0.3) is 5.56 Å². The predicted molar refractivity (Wildman–Crippen MR) is 46.3 cm³/mol. The number of nitrogens with zero attached hydrogens (tertiary/aromatic N) is 2. The molecule has 0 amide bonds. The molecule has 0 bridgehead atoms. The highest BCUT2D eigenvalue weighted by Gasteiger charge is 2.20. The molecule has 1 aliphatic heterocycles. The van der Waals surface area contributed by atoms with Crippen LogP contribution in [0, 0.1) is 6.92 Å². The monoisotopic (exact) mass is 164 g/mol. The summed E-state index contributed by atoms with van der Waals surface area (Å²) in [7, 11) is 0. The quantitative estimate of drug-likeness (QED) is 0.574. The minimum atomic E-state index is 0.130. The third kappa shape index (κ3) is 0.891. The zero-order valence-corrected chi connectivity index (χ0v) is 7.37. The van der Waals surface area contributed by atoms with Crippen molar-refractivity contribution in [1.82, 2.24) is 9.55 Å². The van der Waals surface area contributed by atoms with Crippen molar-refractivity contribution in [2.24, 2.45) is 0 Å². The molecule has 0 saturated carbocycles. The molecule has 0 saturated heterocycles. The maximum Gasteiger partial charge on any atom is 0.256 e. The average Bonchev–Trinajstić information content (AvgIpc) is 2.41. The lowest BCUT2D eigenvalue weighted by atomic mass is 10.2. The van der Waals surface area contributed by atoms with Gasteiger partial charge in [0.15, 0.2) is 0 Å². The smallest absolute Gasteiger partial charge is 0.256 e. The van der Waals surface area contributed by atoms with Gasteiger partial charge in [-0.3, -0.25) is 9.36 Å². The Morgan fingerprint density at radius 1 is 1.67 bits per heavy atom. The largest absolute Gasteiger partial charge is 0.294 e. The number of aromatic nitrogens is 2. The first kappa shape index (κ1) is 7.53. The highest BCUT2D eigenvalue weighted by Crippen LogP contribution is 2.20. The van der Waals surface area contributed by atoms with Crippen molar-refractivity contribution in [3.8, 4) is 0 Å². The summed E-state index contributed by atoms with van der Waals surface area (Å²) < 4.78 is 1.81. The first-order chi connectivity index (χ1) is 5.70. The van der Waals surface area contributed by atoms with Crippen LogP contribution in [0.15, 0.2) is 11.0 Å². The molecule has 64 valence electrons. The van der Waals surface area contributed by atoms with E-state index in [9.17, 15) is 4.79 Å². The summed E-state index contributed by atoms with van der Waals surface area (Å²) >= 11 is 0.